The van der Waals surface area contributed by atoms with Crippen molar-refractivity contribution in [2.45, 2.75) is 27.2 Å². The van der Waals surface area contributed by atoms with Crippen LogP contribution in [0.25, 0.3) is 11.3 Å². The fourth-order valence-corrected chi connectivity index (χ4v) is 2.24. The van der Waals surface area contributed by atoms with E-state index < -0.39 is 5.97 Å². The third-order valence-electron chi connectivity index (χ3n) is 2.81. The molecule has 1 heterocycles. The summed E-state index contributed by atoms with van der Waals surface area (Å²) in [7, 11) is 0. The number of nitrogens with zero attached hydrogens (tertiary/aromatic N) is 1. The molecule has 0 saturated heterocycles. The first-order valence-corrected chi connectivity index (χ1v) is 5.73. The maximum Gasteiger partial charge on any atom is 0.309 e. The highest BCUT2D eigenvalue weighted by Gasteiger charge is 2.13. The summed E-state index contributed by atoms with van der Waals surface area (Å²) < 4.78 is 5.24. The van der Waals surface area contributed by atoms with Crippen molar-refractivity contribution in [1.82, 2.24) is 5.16 Å². The lowest BCUT2D eigenvalue weighted by Gasteiger charge is -2.07. The van der Waals surface area contributed by atoms with Crippen molar-refractivity contribution in [2.24, 2.45) is 0 Å². The largest absolute Gasteiger partial charge is 0.481 e. The van der Waals surface area contributed by atoms with Crippen LogP contribution in [0.4, 0.5) is 0 Å². The molecule has 0 fully saturated rings. The van der Waals surface area contributed by atoms with Gasteiger partial charge in [-0.15, -0.1) is 0 Å². The number of aromatic nitrogens is 1. The second kappa shape index (κ2) is 4.64. The van der Waals surface area contributed by atoms with Gasteiger partial charge in [0.1, 0.15) is 0 Å². The smallest absolute Gasteiger partial charge is 0.309 e. The van der Waals surface area contributed by atoms with E-state index in [9.17, 15) is 4.79 Å². The normalized spacial score (nSPS) is 10.6. The van der Waals surface area contributed by atoms with Crippen molar-refractivity contribution < 1.29 is 14.4 Å². The van der Waals surface area contributed by atoms with Gasteiger partial charge in [0.15, 0.2) is 5.76 Å². The molecule has 4 nitrogen and oxygen atoms in total. The van der Waals surface area contributed by atoms with Crippen LogP contribution in [0, 0.1) is 20.8 Å². The Balaban J connectivity index is 2.43. The summed E-state index contributed by atoms with van der Waals surface area (Å²) in [6, 6.07) is 5.84. The number of carboxylic acids is 1. The summed E-state index contributed by atoms with van der Waals surface area (Å²) in [4.78, 5) is 10.6. The Labute approximate surface area is 105 Å². The number of aliphatic carboxylic acids is 1. The van der Waals surface area contributed by atoms with E-state index in [2.05, 4.69) is 17.3 Å². The molecule has 0 bridgehead atoms. The summed E-state index contributed by atoms with van der Waals surface area (Å²) >= 11 is 0. The Morgan fingerprint density at radius 2 is 1.83 bits per heavy atom. The van der Waals surface area contributed by atoms with Crippen molar-refractivity contribution in [3.63, 3.8) is 0 Å². The topological polar surface area (TPSA) is 63.3 Å². The number of hydrogen-bond acceptors (Lipinski definition) is 3. The van der Waals surface area contributed by atoms with Crippen molar-refractivity contribution in [2.75, 3.05) is 0 Å². The molecule has 0 aliphatic heterocycles. The second-order valence-electron chi connectivity index (χ2n) is 4.53. The molecule has 94 valence electrons. The van der Waals surface area contributed by atoms with Crippen LogP contribution in [0.15, 0.2) is 22.7 Å². The average molecular weight is 245 g/mol. The van der Waals surface area contributed by atoms with Gasteiger partial charge in [0.05, 0.1) is 12.1 Å². The fraction of sp³-hybridized carbons (Fsp3) is 0.286. The van der Waals surface area contributed by atoms with Crippen LogP contribution in [0.2, 0.25) is 0 Å². The van der Waals surface area contributed by atoms with Crippen LogP contribution in [-0.4, -0.2) is 16.2 Å². The lowest BCUT2D eigenvalue weighted by atomic mass is 9.98. The predicted octanol–water partition coefficient (Wildman–Crippen LogP) is 2.89. The van der Waals surface area contributed by atoms with Crippen LogP contribution >= 0.6 is 0 Å². The molecule has 0 saturated carbocycles. The van der Waals surface area contributed by atoms with Gasteiger partial charge >= 0.3 is 5.97 Å². The van der Waals surface area contributed by atoms with Crippen molar-refractivity contribution >= 4 is 5.97 Å². The Bertz CT molecular complexity index is 576. The number of carbonyl (C=O) groups is 1. The summed E-state index contributed by atoms with van der Waals surface area (Å²) in [6.45, 7) is 6.06. The third kappa shape index (κ3) is 2.42. The molecule has 4 heteroatoms. The highest BCUT2D eigenvalue weighted by Crippen LogP contribution is 2.28. The summed E-state index contributed by atoms with van der Waals surface area (Å²) in [5.74, 6) is -0.284. The van der Waals surface area contributed by atoms with Crippen LogP contribution in [-0.2, 0) is 11.2 Å². The molecule has 1 aromatic carbocycles. The Morgan fingerprint density at radius 3 is 2.39 bits per heavy atom. The summed E-state index contributed by atoms with van der Waals surface area (Å²) in [5, 5.41) is 12.5. The Kier molecular flexibility index (Phi) is 3.19. The molecular weight excluding hydrogens is 230 g/mol. The lowest BCUT2D eigenvalue weighted by Crippen LogP contribution is -1.99. The maximum atomic E-state index is 10.6. The first kappa shape index (κ1) is 12.4. The van der Waals surface area contributed by atoms with Gasteiger partial charge < -0.3 is 9.63 Å². The lowest BCUT2D eigenvalue weighted by molar-refractivity contribution is -0.136. The van der Waals surface area contributed by atoms with Crippen LogP contribution < -0.4 is 0 Å². The third-order valence-corrected chi connectivity index (χ3v) is 2.81. The molecule has 0 radical (unpaired) electrons. The molecule has 1 N–H and O–H groups in total. The van der Waals surface area contributed by atoms with Gasteiger partial charge in [-0.2, -0.15) is 0 Å². The molecular formula is C14H15NO3. The van der Waals surface area contributed by atoms with Gasteiger partial charge in [0.25, 0.3) is 0 Å². The summed E-state index contributed by atoms with van der Waals surface area (Å²) in [6.07, 6.45) is -0.118. The van der Waals surface area contributed by atoms with E-state index in [1.807, 2.05) is 20.8 Å². The maximum absolute atomic E-state index is 10.6. The monoisotopic (exact) mass is 245 g/mol. The number of aryl methyl sites for hydroxylation is 3. The number of hydrogen-bond donors (Lipinski definition) is 1. The van der Waals surface area contributed by atoms with Crippen LogP contribution in [0.5, 0.6) is 0 Å². The average Bonchev–Trinajstić information content (AvgIpc) is 2.63. The number of rotatable bonds is 3. The zero-order valence-electron chi connectivity index (χ0n) is 10.7. The SMILES string of the molecule is Cc1cc(C)c(-c2cc(CC(=O)O)no2)c(C)c1. The molecule has 0 atom stereocenters. The molecule has 0 unspecified atom stereocenters. The van der Waals surface area contributed by atoms with E-state index in [1.54, 1.807) is 6.07 Å². The first-order chi connectivity index (χ1) is 8.47. The molecule has 0 amide bonds. The van der Waals surface area contributed by atoms with Gasteiger partial charge in [-0.25, -0.2) is 0 Å². The second-order valence-corrected chi connectivity index (χ2v) is 4.53. The van der Waals surface area contributed by atoms with Gasteiger partial charge in [-0.1, -0.05) is 22.9 Å². The van der Waals surface area contributed by atoms with Gasteiger partial charge in [-0.05, 0) is 31.9 Å². The van der Waals surface area contributed by atoms with E-state index >= 15 is 0 Å². The Hall–Kier alpha value is -2.10. The Morgan fingerprint density at radius 1 is 1.22 bits per heavy atom. The van der Waals surface area contributed by atoms with E-state index in [0.717, 1.165) is 16.7 Å². The van der Waals surface area contributed by atoms with E-state index in [0.29, 0.717) is 11.5 Å². The molecule has 0 spiro atoms. The molecule has 0 aliphatic rings. The van der Waals surface area contributed by atoms with Gasteiger partial charge in [0, 0.05) is 11.6 Å². The molecule has 2 rings (SSSR count). The quantitative estimate of drug-likeness (QED) is 0.903. The van der Waals surface area contributed by atoms with Crippen LogP contribution in [0.3, 0.4) is 0 Å². The van der Waals surface area contributed by atoms with E-state index in [-0.39, 0.29) is 6.42 Å². The molecule has 2 aromatic rings. The standard InChI is InChI=1S/C14H15NO3/c1-8-4-9(2)14(10(3)5-8)12-6-11(15-18-12)7-13(16)17/h4-6H,7H2,1-3H3,(H,16,17). The van der Waals surface area contributed by atoms with Crippen molar-refractivity contribution in [3.05, 3.63) is 40.6 Å². The van der Waals surface area contributed by atoms with Crippen molar-refractivity contribution in [1.29, 1.82) is 0 Å². The zero-order chi connectivity index (χ0) is 13.3. The number of carboxylic acid groups (broad SMARTS) is 1. The molecule has 1 aromatic heterocycles. The highest BCUT2D eigenvalue weighted by atomic mass is 16.5. The number of benzene rings is 1. The van der Waals surface area contributed by atoms with Crippen molar-refractivity contribution in [3.8, 4) is 11.3 Å². The highest BCUT2D eigenvalue weighted by molar-refractivity contribution is 5.71. The minimum atomic E-state index is -0.910. The minimum absolute atomic E-state index is 0.118. The van der Waals surface area contributed by atoms with Gasteiger partial charge in [0.2, 0.25) is 0 Å². The van der Waals surface area contributed by atoms with Crippen LogP contribution in [0.1, 0.15) is 22.4 Å². The van der Waals surface area contributed by atoms with E-state index in [1.165, 1.54) is 5.56 Å². The summed E-state index contributed by atoms with van der Waals surface area (Å²) in [5.41, 5.74) is 4.83. The minimum Gasteiger partial charge on any atom is -0.481 e. The zero-order valence-corrected chi connectivity index (χ0v) is 10.7. The predicted molar refractivity (Wildman–Crippen MR) is 67.5 cm³/mol. The van der Waals surface area contributed by atoms with Gasteiger partial charge in [-0.3, -0.25) is 4.79 Å². The fourth-order valence-electron chi connectivity index (χ4n) is 2.24. The molecule has 18 heavy (non-hydrogen) atoms. The van der Waals surface area contributed by atoms with E-state index in [4.69, 9.17) is 9.63 Å². The molecule has 0 aliphatic carbocycles. The first-order valence-electron chi connectivity index (χ1n) is 5.73.